The molecule has 0 radical (unpaired) electrons. The second-order valence-corrected chi connectivity index (χ2v) is 5.08. The lowest BCUT2D eigenvalue weighted by molar-refractivity contribution is 0.152. The van der Waals surface area contributed by atoms with E-state index < -0.39 is 0 Å². The molecule has 0 amide bonds. The Morgan fingerprint density at radius 2 is 1.94 bits per heavy atom. The minimum Gasteiger partial charge on any atom is -0.379 e. The summed E-state index contributed by atoms with van der Waals surface area (Å²) in [6.45, 7) is 4.54. The van der Waals surface area contributed by atoms with Crippen LogP contribution < -0.4 is 5.73 Å². The van der Waals surface area contributed by atoms with Crippen molar-refractivity contribution in [2.45, 2.75) is 25.0 Å². The highest BCUT2D eigenvalue weighted by Crippen LogP contribution is 2.25. The molecule has 0 aromatic heterocycles. The Morgan fingerprint density at radius 1 is 1.25 bits per heavy atom. The lowest BCUT2D eigenvalue weighted by atomic mass is 10.00. The number of benzene rings is 1. The molecule has 1 aromatic rings. The zero-order valence-corrected chi connectivity index (χ0v) is 9.48. The topological polar surface area (TPSA) is 38.5 Å². The molecule has 1 aromatic carbocycles. The maximum atomic E-state index is 6.31. The molecule has 2 heterocycles. The van der Waals surface area contributed by atoms with Gasteiger partial charge in [0.15, 0.2) is 0 Å². The molecule has 3 nitrogen and oxygen atoms in total. The summed E-state index contributed by atoms with van der Waals surface area (Å²) in [7, 11) is 0. The molecule has 3 heteroatoms. The van der Waals surface area contributed by atoms with Crippen LogP contribution in [0.15, 0.2) is 24.3 Å². The maximum absolute atomic E-state index is 6.31. The average molecular weight is 218 g/mol. The second-order valence-electron chi connectivity index (χ2n) is 5.08. The van der Waals surface area contributed by atoms with Gasteiger partial charge in [-0.3, -0.25) is 4.90 Å². The summed E-state index contributed by atoms with van der Waals surface area (Å²) in [4.78, 5) is 2.43. The van der Waals surface area contributed by atoms with Crippen LogP contribution in [-0.4, -0.2) is 30.2 Å². The van der Waals surface area contributed by atoms with Crippen molar-refractivity contribution in [1.82, 2.24) is 4.90 Å². The highest BCUT2D eigenvalue weighted by atomic mass is 16.5. The van der Waals surface area contributed by atoms with E-state index >= 15 is 0 Å². The van der Waals surface area contributed by atoms with Crippen LogP contribution in [0.25, 0.3) is 0 Å². The second kappa shape index (κ2) is 3.84. The predicted octanol–water partition coefficient (Wildman–Crippen LogP) is 1.12. The van der Waals surface area contributed by atoms with Gasteiger partial charge in [0.05, 0.1) is 12.1 Å². The molecule has 0 aliphatic carbocycles. The number of nitrogens with zero attached hydrogens (tertiary/aromatic N) is 1. The quantitative estimate of drug-likeness (QED) is 0.808. The van der Waals surface area contributed by atoms with Gasteiger partial charge >= 0.3 is 0 Å². The van der Waals surface area contributed by atoms with Gasteiger partial charge in [0.1, 0.15) is 0 Å². The third-order valence-corrected chi connectivity index (χ3v) is 3.58. The summed E-state index contributed by atoms with van der Waals surface area (Å²) >= 11 is 0. The molecule has 2 aliphatic heterocycles. The maximum Gasteiger partial charge on any atom is 0.0659 e. The summed E-state index contributed by atoms with van der Waals surface area (Å²) in [6, 6.07) is 8.64. The van der Waals surface area contributed by atoms with Crippen molar-refractivity contribution < 1.29 is 4.74 Å². The molecular weight excluding hydrogens is 200 g/mol. The minimum atomic E-state index is -0.123. The molecule has 86 valence electrons. The summed E-state index contributed by atoms with van der Waals surface area (Å²) in [6.07, 6.45) is 0.986. The minimum absolute atomic E-state index is 0.123. The van der Waals surface area contributed by atoms with E-state index in [-0.39, 0.29) is 5.54 Å². The number of rotatable bonds is 2. The molecule has 2 aliphatic rings. The highest BCUT2D eigenvalue weighted by molar-refractivity contribution is 5.30. The number of nitrogens with two attached hydrogens (primary N) is 1. The van der Waals surface area contributed by atoms with Crippen LogP contribution in [0.3, 0.4) is 0 Å². The van der Waals surface area contributed by atoms with Gasteiger partial charge in [-0.05, 0) is 17.5 Å². The number of hydrogen-bond donors (Lipinski definition) is 1. The summed E-state index contributed by atoms with van der Waals surface area (Å²) in [5.74, 6) is 0. The van der Waals surface area contributed by atoms with E-state index in [0.29, 0.717) is 6.61 Å². The van der Waals surface area contributed by atoms with Crippen LogP contribution in [0.5, 0.6) is 0 Å². The fourth-order valence-electron chi connectivity index (χ4n) is 2.71. The van der Waals surface area contributed by atoms with Crippen molar-refractivity contribution in [3.63, 3.8) is 0 Å². The molecule has 1 atom stereocenters. The number of ether oxygens (including phenoxy) is 1. The van der Waals surface area contributed by atoms with Gasteiger partial charge in [0.25, 0.3) is 0 Å². The van der Waals surface area contributed by atoms with E-state index in [9.17, 15) is 0 Å². The van der Waals surface area contributed by atoms with Gasteiger partial charge in [0, 0.05) is 26.2 Å². The van der Waals surface area contributed by atoms with Crippen molar-refractivity contribution in [2.75, 3.05) is 19.8 Å². The van der Waals surface area contributed by atoms with Crippen molar-refractivity contribution in [3.05, 3.63) is 35.4 Å². The third kappa shape index (κ3) is 1.86. The number of hydrogen-bond acceptors (Lipinski definition) is 3. The Kier molecular flexibility index (Phi) is 2.46. The van der Waals surface area contributed by atoms with E-state index in [0.717, 1.165) is 32.7 Å². The van der Waals surface area contributed by atoms with Gasteiger partial charge in [-0.25, -0.2) is 0 Å². The van der Waals surface area contributed by atoms with Crippen molar-refractivity contribution in [2.24, 2.45) is 5.73 Å². The average Bonchev–Trinajstić information content (AvgIpc) is 2.84. The summed E-state index contributed by atoms with van der Waals surface area (Å²) in [5.41, 5.74) is 9.08. The first kappa shape index (κ1) is 10.3. The largest absolute Gasteiger partial charge is 0.379 e. The summed E-state index contributed by atoms with van der Waals surface area (Å²) < 4.78 is 5.40. The van der Waals surface area contributed by atoms with Crippen molar-refractivity contribution in [1.29, 1.82) is 0 Å². The summed E-state index contributed by atoms with van der Waals surface area (Å²) in [5, 5.41) is 0. The predicted molar refractivity (Wildman–Crippen MR) is 62.9 cm³/mol. The molecule has 1 saturated heterocycles. The SMILES string of the molecule is NC1(CN2Cc3ccccc3C2)CCOC1. The van der Waals surface area contributed by atoms with Gasteiger partial charge in [-0.1, -0.05) is 24.3 Å². The first-order valence-corrected chi connectivity index (χ1v) is 5.91. The molecule has 0 bridgehead atoms. The highest BCUT2D eigenvalue weighted by Gasteiger charge is 2.33. The Labute approximate surface area is 96.2 Å². The lowest BCUT2D eigenvalue weighted by Gasteiger charge is -2.27. The fourth-order valence-corrected chi connectivity index (χ4v) is 2.71. The Hall–Kier alpha value is -0.900. The number of fused-ring (bicyclic) bond motifs is 1. The van der Waals surface area contributed by atoms with Crippen LogP contribution in [0.4, 0.5) is 0 Å². The monoisotopic (exact) mass is 218 g/mol. The fraction of sp³-hybridized carbons (Fsp3) is 0.538. The van der Waals surface area contributed by atoms with Gasteiger partial charge in [-0.2, -0.15) is 0 Å². The van der Waals surface area contributed by atoms with Gasteiger partial charge in [-0.15, -0.1) is 0 Å². The van der Waals surface area contributed by atoms with Crippen LogP contribution in [0, 0.1) is 0 Å². The van der Waals surface area contributed by atoms with Crippen LogP contribution in [0.1, 0.15) is 17.5 Å². The first-order chi connectivity index (χ1) is 7.75. The molecule has 16 heavy (non-hydrogen) atoms. The zero-order valence-electron chi connectivity index (χ0n) is 9.48. The van der Waals surface area contributed by atoms with Crippen molar-refractivity contribution in [3.8, 4) is 0 Å². The standard InChI is InChI=1S/C13H18N2O/c14-13(5-6-16-10-13)9-15-7-11-3-1-2-4-12(11)8-15/h1-4H,5-10,14H2. The Bertz CT molecular complexity index is 360. The molecule has 0 spiro atoms. The van der Waals surface area contributed by atoms with Gasteiger partial charge in [0.2, 0.25) is 0 Å². The smallest absolute Gasteiger partial charge is 0.0659 e. The van der Waals surface area contributed by atoms with Crippen molar-refractivity contribution >= 4 is 0 Å². The van der Waals surface area contributed by atoms with E-state index in [4.69, 9.17) is 10.5 Å². The van der Waals surface area contributed by atoms with Crippen LogP contribution in [-0.2, 0) is 17.8 Å². The molecular formula is C13H18N2O. The molecule has 3 rings (SSSR count). The zero-order chi connectivity index (χ0) is 11.0. The Balaban J connectivity index is 1.68. The van der Waals surface area contributed by atoms with E-state index in [1.54, 1.807) is 0 Å². The third-order valence-electron chi connectivity index (χ3n) is 3.58. The van der Waals surface area contributed by atoms with E-state index in [2.05, 4.69) is 29.2 Å². The molecule has 1 fully saturated rings. The normalized spacial score (nSPS) is 29.6. The lowest BCUT2D eigenvalue weighted by Crippen LogP contribution is -2.49. The Morgan fingerprint density at radius 3 is 2.50 bits per heavy atom. The van der Waals surface area contributed by atoms with E-state index in [1.165, 1.54) is 11.1 Å². The van der Waals surface area contributed by atoms with Crippen LogP contribution in [0.2, 0.25) is 0 Å². The molecule has 1 unspecified atom stereocenters. The van der Waals surface area contributed by atoms with Crippen LogP contribution >= 0.6 is 0 Å². The molecule has 0 saturated carbocycles. The van der Waals surface area contributed by atoms with E-state index in [1.807, 2.05) is 0 Å². The molecule has 2 N–H and O–H groups in total. The van der Waals surface area contributed by atoms with Gasteiger partial charge < -0.3 is 10.5 Å². The first-order valence-electron chi connectivity index (χ1n) is 5.91.